The lowest BCUT2D eigenvalue weighted by Gasteiger charge is -2.17. The minimum Gasteiger partial charge on any atom is -0.336 e. The second kappa shape index (κ2) is 5.77. The fourth-order valence-electron chi connectivity index (χ4n) is 2.29. The number of anilines is 1. The highest BCUT2D eigenvalue weighted by atomic mass is 32.2. The molecule has 2 aromatic rings. The second-order valence-corrected chi connectivity index (χ2v) is 5.70. The fourth-order valence-corrected chi connectivity index (χ4v) is 2.67. The highest BCUT2D eigenvalue weighted by molar-refractivity contribution is 7.97. The maximum absolute atomic E-state index is 11.8. The number of carbonyl (C=O) groups excluding carboxylic acids is 1. The van der Waals surface area contributed by atoms with Crippen LogP contribution >= 0.6 is 11.8 Å². The van der Waals surface area contributed by atoms with Gasteiger partial charge in [0.25, 0.3) is 5.89 Å². The number of benzene rings is 1. The van der Waals surface area contributed by atoms with E-state index in [0.717, 1.165) is 22.6 Å². The summed E-state index contributed by atoms with van der Waals surface area (Å²) in [6.45, 7) is 3.32. The standard InChI is InChI=1S/C14H16N4O2S/c1-9-3-4-10(13-16-12(8-21-2)17-20-13)7-11(9)18-6-5-15-14(18)19/h3-4,7H,5-6,8H2,1-2H3,(H,15,19). The van der Waals surface area contributed by atoms with Gasteiger partial charge in [0, 0.05) is 24.3 Å². The molecule has 1 aliphatic rings. The van der Waals surface area contributed by atoms with Crippen molar-refractivity contribution in [2.75, 3.05) is 24.2 Å². The van der Waals surface area contributed by atoms with E-state index in [2.05, 4.69) is 15.5 Å². The minimum absolute atomic E-state index is 0.0659. The van der Waals surface area contributed by atoms with Gasteiger partial charge in [0.2, 0.25) is 0 Å². The third kappa shape index (κ3) is 2.73. The molecule has 2 heterocycles. The summed E-state index contributed by atoms with van der Waals surface area (Å²) >= 11 is 1.64. The molecule has 0 atom stereocenters. The number of aromatic nitrogens is 2. The zero-order chi connectivity index (χ0) is 14.8. The van der Waals surface area contributed by atoms with Crippen molar-refractivity contribution >= 4 is 23.5 Å². The Labute approximate surface area is 126 Å². The first-order chi connectivity index (χ1) is 10.2. The van der Waals surface area contributed by atoms with Crippen LogP contribution in [0.1, 0.15) is 11.4 Å². The summed E-state index contributed by atoms with van der Waals surface area (Å²) in [4.78, 5) is 17.9. The number of hydrogen-bond acceptors (Lipinski definition) is 5. The van der Waals surface area contributed by atoms with E-state index in [0.29, 0.717) is 24.8 Å². The van der Waals surface area contributed by atoms with Crippen molar-refractivity contribution < 1.29 is 9.32 Å². The van der Waals surface area contributed by atoms with E-state index >= 15 is 0 Å². The summed E-state index contributed by atoms with van der Waals surface area (Å²) in [7, 11) is 0. The topological polar surface area (TPSA) is 71.3 Å². The van der Waals surface area contributed by atoms with Crippen molar-refractivity contribution in [3.8, 4) is 11.5 Å². The van der Waals surface area contributed by atoms with E-state index in [1.807, 2.05) is 31.4 Å². The van der Waals surface area contributed by atoms with Crippen LogP contribution < -0.4 is 10.2 Å². The summed E-state index contributed by atoms with van der Waals surface area (Å²) in [6.07, 6.45) is 1.99. The lowest BCUT2D eigenvalue weighted by atomic mass is 10.1. The van der Waals surface area contributed by atoms with Crippen LogP contribution in [0, 0.1) is 6.92 Å². The molecule has 0 bridgehead atoms. The van der Waals surface area contributed by atoms with Gasteiger partial charge in [-0.25, -0.2) is 4.79 Å². The highest BCUT2D eigenvalue weighted by Crippen LogP contribution is 2.28. The second-order valence-electron chi connectivity index (χ2n) is 4.83. The average Bonchev–Trinajstić information content (AvgIpc) is 3.09. The van der Waals surface area contributed by atoms with Gasteiger partial charge in [-0.1, -0.05) is 11.2 Å². The Bertz CT molecular complexity index is 671. The van der Waals surface area contributed by atoms with Crippen LogP contribution in [-0.4, -0.2) is 35.5 Å². The lowest BCUT2D eigenvalue weighted by molar-refractivity contribution is 0.252. The number of carbonyl (C=O) groups is 1. The molecular formula is C14H16N4O2S. The monoisotopic (exact) mass is 304 g/mol. The molecule has 1 saturated heterocycles. The first-order valence-electron chi connectivity index (χ1n) is 6.67. The SMILES string of the molecule is CSCc1noc(-c2ccc(C)c(N3CCNC3=O)c2)n1. The largest absolute Gasteiger partial charge is 0.336 e. The third-order valence-electron chi connectivity index (χ3n) is 3.35. The van der Waals surface area contributed by atoms with Crippen molar-refractivity contribution in [3.05, 3.63) is 29.6 Å². The van der Waals surface area contributed by atoms with Crippen molar-refractivity contribution in [2.45, 2.75) is 12.7 Å². The van der Waals surface area contributed by atoms with Gasteiger partial charge in [-0.3, -0.25) is 4.90 Å². The molecule has 2 amide bonds. The van der Waals surface area contributed by atoms with Gasteiger partial charge < -0.3 is 9.84 Å². The van der Waals surface area contributed by atoms with E-state index in [1.54, 1.807) is 16.7 Å². The Morgan fingerprint density at radius 1 is 1.48 bits per heavy atom. The molecule has 6 nitrogen and oxygen atoms in total. The average molecular weight is 304 g/mol. The minimum atomic E-state index is -0.0659. The van der Waals surface area contributed by atoms with Crippen LogP contribution in [0.15, 0.2) is 22.7 Å². The zero-order valence-electron chi connectivity index (χ0n) is 11.9. The molecule has 21 heavy (non-hydrogen) atoms. The van der Waals surface area contributed by atoms with Gasteiger partial charge >= 0.3 is 6.03 Å². The van der Waals surface area contributed by atoms with E-state index in [1.165, 1.54) is 0 Å². The smallest absolute Gasteiger partial charge is 0.322 e. The first kappa shape index (κ1) is 13.9. The molecule has 0 spiro atoms. The Kier molecular flexibility index (Phi) is 3.83. The molecule has 3 rings (SSSR count). The number of nitrogens with one attached hydrogen (secondary N) is 1. The Morgan fingerprint density at radius 3 is 3.05 bits per heavy atom. The molecule has 0 unspecified atom stereocenters. The molecule has 1 aromatic carbocycles. The van der Waals surface area contributed by atoms with E-state index in [4.69, 9.17) is 4.52 Å². The normalized spacial score (nSPS) is 14.6. The van der Waals surface area contributed by atoms with Crippen LogP contribution in [0.25, 0.3) is 11.5 Å². The van der Waals surface area contributed by atoms with Crippen molar-refractivity contribution in [2.24, 2.45) is 0 Å². The molecular weight excluding hydrogens is 288 g/mol. The van der Waals surface area contributed by atoms with Gasteiger partial charge in [0.1, 0.15) is 0 Å². The summed E-state index contributed by atoms with van der Waals surface area (Å²) < 4.78 is 5.29. The number of nitrogens with zero attached hydrogens (tertiary/aromatic N) is 3. The molecule has 0 radical (unpaired) electrons. The quantitative estimate of drug-likeness (QED) is 0.939. The molecule has 1 fully saturated rings. The van der Waals surface area contributed by atoms with Crippen LogP contribution in [-0.2, 0) is 5.75 Å². The van der Waals surface area contributed by atoms with E-state index < -0.39 is 0 Å². The van der Waals surface area contributed by atoms with Gasteiger partial charge in [-0.05, 0) is 30.9 Å². The predicted molar refractivity (Wildman–Crippen MR) is 82.4 cm³/mol. The molecule has 1 aliphatic heterocycles. The van der Waals surface area contributed by atoms with Crippen LogP contribution in [0.2, 0.25) is 0 Å². The van der Waals surface area contributed by atoms with Gasteiger partial charge in [-0.15, -0.1) is 0 Å². The number of amides is 2. The van der Waals surface area contributed by atoms with Gasteiger partial charge in [0.15, 0.2) is 5.82 Å². The molecule has 0 saturated carbocycles. The Morgan fingerprint density at radius 2 is 2.33 bits per heavy atom. The summed E-state index contributed by atoms with van der Waals surface area (Å²) in [5.74, 6) is 1.88. The van der Waals surface area contributed by atoms with E-state index in [-0.39, 0.29) is 6.03 Å². The molecule has 7 heteroatoms. The maximum Gasteiger partial charge on any atom is 0.322 e. The van der Waals surface area contributed by atoms with Crippen LogP contribution in [0.4, 0.5) is 10.5 Å². The predicted octanol–water partition coefficient (Wildman–Crippen LogP) is 2.44. The fraction of sp³-hybridized carbons (Fsp3) is 0.357. The Hall–Kier alpha value is -2.02. The first-order valence-corrected chi connectivity index (χ1v) is 8.06. The molecule has 110 valence electrons. The zero-order valence-corrected chi connectivity index (χ0v) is 12.7. The van der Waals surface area contributed by atoms with Crippen molar-refractivity contribution in [1.29, 1.82) is 0 Å². The van der Waals surface area contributed by atoms with Crippen LogP contribution in [0.3, 0.4) is 0 Å². The lowest BCUT2D eigenvalue weighted by Crippen LogP contribution is -2.28. The van der Waals surface area contributed by atoms with Crippen molar-refractivity contribution in [3.63, 3.8) is 0 Å². The number of thioether (sulfide) groups is 1. The number of rotatable bonds is 4. The summed E-state index contributed by atoms with van der Waals surface area (Å²) in [5, 5.41) is 6.76. The van der Waals surface area contributed by atoms with Crippen molar-refractivity contribution in [1.82, 2.24) is 15.5 Å². The molecule has 0 aliphatic carbocycles. The number of hydrogen-bond donors (Lipinski definition) is 1. The number of aryl methyl sites for hydroxylation is 1. The Balaban J connectivity index is 1.94. The highest BCUT2D eigenvalue weighted by Gasteiger charge is 2.23. The summed E-state index contributed by atoms with van der Waals surface area (Å²) in [6, 6.07) is 5.76. The third-order valence-corrected chi connectivity index (χ3v) is 3.89. The molecule has 1 aromatic heterocycles. The van der Waals surface area contributed by atoms with E-state index in [9.17, 15) is 4.79 Å². The van der Waals surface area contributed by atoms with Crippen LogP contribution in [0.5, 0.6) is 0 Å². The maximum atomic E-state index is 11.8. The number of urea groups is 1. The van der Waals surface area contributed by atoms with Gasteiger partial charge in [0.05, 0.1) is 5.75 Å². The summed E-state index contributed by atoms with van der Waals surface area (Å²) in [5.41, 5.74) is 2.75. The van der Waals surface area contributed by atoms with Gasteiger partial charge in [-0.2, -0.15) is 16.7 Å². The molecule has 1 N–H and O–H groups in total.